The van der Waals surface area contributed by atoms with Crippen molar-refractivity contribution >= 4 is 18.1 Å². The van der Waals surface area contributed by atoms with E-state index in [2.05, 4.69) is 31.3 Å². The fraction of sp³-hybridized carbons (Fsp3) is 0.286. The van der Waals surface area contributed by atoms with E-state index in [4.69, 9.17) is 9.47 Å². The molecule has 0 saturated heterocycles. The van der Waals surface area contributed by atoms with Crippen LogP contribution >= 0.6 is 0 Å². The number of methoxy groups -OCH3 is 1. The minimum atomic E-state index is -0.431. The van der Waals surface area contributed by atoms with Gasteiger partial charge in [0.25, 0.3) is 5.91 Å². The van der Waals surface area contributed by atoms with Crippen molar-refractivity contribution in [2.45, 2.75) is 33.1 Å². The molecule has 2 rings (SSSR count). The fourth-order valence-corrected chi connectivity index (χ4v) is 2.36. The standard InChI is InChI=1S/C21H24N2O4/c1-14(24)27-18-11-6-15(12-19(18)26-5)13-22-23-20(25)16-7-9-17(10-8-16)21(2,3)4/h6-13H,1-5H3,(H,23,25)/b22-13+. The van der Waals surface area contributed by atoms with Crippen LogP contribution in [-0.4, -0.2) is 25.2 Å². The predicted molar refractivity (Wildman–Crippen MR) is 105 cm³/mol. The van der Waals surface area contributed by atoms with Gasteiger partial charge >= 0.3 is 5.97 Å². The summed E-state index contributed by atoms with van der Waals surface area (Å²) < 4.78 is 10.2. The van der Waals surface area contributed by atoms with Gasteiger partial charge in [0.05, 0.1) is 13.3 Å². The summed E-state index contributed by atoms with van der Waals surface area (Å²) in [6, 6.07) is 12.4. The van der Waals surface area contributed by atoms with Crippen LogP contribution in [0.5, 0.6) is 11.5 Å². The van der Waals surface area contributed by atoms with Crippen molar-refractivity contribution in [1.29, 1.82) is 0 Å². The number of hydrazone groups is 1. The minimum Gasteiger partial charge on any atom is -0.493 e. The third-order valence-corrected chi connectivity index (χ3v) is 3.83. The maximum atomic E-state index is 12.2. The van der Waals surface area contributed by atoms with Crippen molar-refractivity contribution in [1.82, 2.24) is 5.43 Å². The van der Waals surface area contributed by atoms with Gasteiger partial charge in [0.2, 0.25) is 0 Å². The lowest BCUT2D eigenvalue weighted by Crippen LogP contribution is -2.18. The van der Waals surface area contributed by atoms with Crippen LogP contribution in [0.15, 0.2) is 47.6 Å². The molecule has 6 nitrogen and oxygen atoms in total. The van der Waals surface area contributed by atoms with E-state index in [1.807, 2.05) is 12.1 Å². The van der Waals surface area contributed by atoms with Crippen LogP contribution in [0.3, 0.4) is 0 Å². The van der Waals surface area contributed by atoms with E-state index in [9.17, 15) is 9.59 Å². The van der Waals surface area contributed by atoms with Crippen LogP contribution in [0.4, 0.5) is 0 Å². The molecule has 0 aliphatic rings. The van der Waals surface area contributed by atoms with Gasteiger partial charge in [0.15, 0.2) is 11.5 Å². The van der Waals surface area contributed by atoms with E-state index < -0.39 is 5.97 Å². The average Bonchev–Trinajstić information content (AvgIpc) is 2.61. The van der Waals surface area contributed by atoms with Crippen LogP contribution in [-0.2, 0) is 10.2 Å². The first-order valence-corrected chi connectivity index (χ1v) is 8.51. The summed E-state index contributed by atoms with van der Waals surface area (Å²) in [6.45, 7) is 7.67. The van der Waals surface area contributed by atoms with Gasteiger partial charge < -0.3 is 9.47 Å². The number of amides is 1. The van der Waals surface area contributed by atoms with Crippen LogP contribution in [0.25, 0.3) is 0 Å². The summed E-state index contributed by atoms with van der Waals surface area (Å²) in [7, 11) is 1.48. The van der Waals surface area contributed by atoms with Gasteiger partial charge in [-0.15, -0.1) is 0 Å². The van der Waals surface area contributed by atoms with Crippen LogP contribution in [0.2, 0.25) is 0 Å². The molecule has 0 aromatic heterocycles. The zero-order chi connectivity index (χ0) is 20.0. The van der Waals surface area contributed by atoms with E-state index in [1.54, 1.807) is 30.3 Å². The summed E-state index contributed by atoms with van der Waals surface area (Å²) in [5.74, 6) is -0.00182. The van der Waals surface area contributed by atoms with Gasteiger partial charge in [0.1, 0.15) is 0 Å². The van der Waals surface area contributed by atoms with Crippen molar-refractivity contribution in [2.75, 3.05) is 7.11 Å². The Hall–Kier alpha value is -3.15. The minimum absolute atomic E-state index is 0.0322. The molecule has 0 fully saturated rings. The second kappa shape index (κ2) is 8.49. The Morgan fingerprint density at radius 1 is 1.04 bits per heavy atom. The summed E-state index contributed by atoms with van der Waals surface area (Å²) in [5, 5.41) is 3.97. The van der Waals surface area contributed by atoms with Crippen LogP contribution < -0.4 is 14.9 Å². The highest BCUT2D eigenvalue weighted by Gasteiger charge is 2.14. The van der Waals surface area contributed by atoms with Crippen molar-refractivity contribution < 1.29 is 19.1 Å². The molecule has 0 unspecified atom stereocenters. The van der Waals surface area contributed by atoms with E-state index in [0.717, 1.165) is 5.56 Å². The highest BCUT2D eigenvalue weighted by atomic mass is 16.6. The third-order valence-electron chi connectivity index (χ3n) is 3.83. The highest BCUT2D eigenvalue weighted by molar-refractivity contribution is 5.95. The molecule has 0 saturated carbocycles. The molecule has 0 bridgehead atoms. The Kier molecular flexibility index (Phi) is 6.34. The van der Waals surface area contributed by atoms with E-state index in [0.29, 0.717) is 22.6 Å². The molecule has 1 amide bonds. The van der Waals surface area contributed by atoms with Crippen molar-refractivity contribution in [3.63, 3.8) is 0 Å². The molecule has 27 heavy (non-hydrogen) atoms. The molecule has 0 heterocycles. The van der Waals surface area contributed by atoms with Gasteiger partial charge in [-0.05, 0) is 46.9 Å². The summed E-state index contributed by atoms with van der Waals surface area (Å²) in [4.78, 5) is 23.3. The number of nitrogens with zero attached hydrogens (tertiary/aromatic N) is 1. The SMILES string of the molecule is COc1cc(/C=N/NC(=O)c2ccc(C(C)(C)C)cc2)ccc1OC(C)=O. The fourth-order valence-electron chi connectivity index (χ4n) is 2.36. The summed E-state index contributed by atoms with van der Waals surface area (Å²) in [5.41, 5.74) is 4.90. The van der Waals surface area contributed by atoms with Gasteiger partial charge in [0, 0.05) is 12.5 Å². The van der Waals surface area contributed by atoms with Gasteiger partial charge in [-0.3, -0.25) is 9.59 Å². The smallest absolute Gasteiger partial charge is 0.308 e. The summed E-state index contributed by atoms with van der Waals surface area (Å²) >= 11 is 0. The maximum absolute atomic E-state index is 12.2. The number of esters is 1. The molecule has 142 valence electrons. The molecule has 0 aliphatic heterocycles. The van der Waals surface area contributed by atoms with E-state index >= 15 is 0 Å². The monoisotopic (exact) mass is 368 g/mol. The first kappa shape index (κ1) is 20.2. The van der Waals surface area contributed by atoms with Gasteiger partial charge in [-0.25, -0.2) is 5.43 Å². The molecule has 0 aliphatic carbocycles. The molecule has 0 atom stereocenters. The van der Waals surface area contributed by atoms with Crippen molar-refractivity contribution in [3.8, 4) is 11.5 Å². The lowest BCUT2D eigenvalue weighted by atomic mass is 9.87. The van der Waals surface area contributed by atoms with E-state index in [-0.39, 0.29) is 11.3 Å². The normalized spacial score (nSPS) is 11.3. The topological polar surface area (TPSA) is 77.0 Å². The molecule has 2 aromatic carbocycles. The van der Waals surface area contributed by atoms with E-state index in [1.165, 1.54) is 20.2 Å². The number of benzene rings is 2. The molecule has 1 N–H and O–H groups in total. The lowest BCUT2D eigenvalue weighted by molar-refractivity contribution is -0.132. The number of hydrogen-bond donors (Lipinski definition) is 1. The Balaban J connectivity index is 2.04. The largest absolute Gasteiger partial charge is 0.493 e. The number of carbonyl (C=O) groups is 2. The maximum Gasteiger partial charge on any atom is 0.308 e. The quantitative estimate of drug-likeness (QED) is 0.378. The Labute approximate surface area is 159 Å². The van der Waals surface area contributed by atoms with Crippen molar-refractivity contribution in [3.05, 3.63) is 59.2 Å². The molecule has 2 aromatic rings. The van der Waals surface area contributed by atoms with Crippen LogP contribution in [0, 0.1) is 0 Å². The third kappa shape index (κ3) is 5.67. The Morgan fingerprint density at radius 3 is 2.26 bits per heavy atom. The average molecular weight is 368 g/mol. The number of nitrogens with one attached hydrogen (secondary N) is 1. The number of carbonyl (C=O) groups excluding carboxylic acids is 2. The number of ether oxygens (including phenoxy) is 2. The zero-order valence-electron chi connectivity index (χ0n) is 16.2. The van der Waals surface area contributed by atoms with Crippen molar-refractivity contribution in [2.24, 2.45) is 5.10 Å². The zero-order valence-corrected chi connectivity index (χ0v) is 16.2. The second-order valence-electron chi connectivity index (χ2n) is 7.03. The number of hydrogen-bond acceptors (Lipinski definition) is 5. The van der Waals surface area contributed by atoms with Gasteiger partial charge in [-0.2, -0.15) is 5.10 Å². The predicted octanol–water partition coefficient (Wildman–Crippen LogP) is 3.68. The highest BCUT2D eigenvalue weighted by Crippen LogP contribution is 2.27. The molecule has 0 radical (unpaired) electrons. The molecular formula is C21H24N2O4. The second-order valence-corrected chi connectivity index (χ2v) is 7.03. The molecular weight excluding hydrogens is 344 g/mol. The van der Waals surface area contributed by atoms with Crippen LogP contribution in [0.1, 0.15) is 49.2 Å². The lowest BCUT2D eigenvalue weighted by Gasteiger charge is -2.18. The first-order valence-electron chi connectivity index (χ1n) is 8.51. The molecule has 0 spiro atoms. The number of rotatable bonds is 5. The molecule has 6 heteroatoms. The Morgan fingerprint density at radius 2 is 1.70 bits per heavy atom. The summed E-state index contributed by atoms with van der Waals surface area (Å²) in [6.07, 6.45) is 1.49. The van der Waals surface area contributed by atoms with Gasteiger partial charge in [-0.1, -0.05) is 32.9 Å². The first-order chi connectivity index (χ1) is 12.7. The Bertz CT molecular complexity index is 849.